The van der Waals surface area contributed by atoms with Crippen LogP contribution in [-0.2, 0) is 19.7 Å². The molecule has 1 amide bonds. The number of hydrogen-bond acceptors (Lipinski definition) is 5. The fourth-order valence-corrected chi connectivity index (χ4v) is 4.39. The Morgan fingerprint density at radius 1 is 1.06 bits per heavy atom. The van der Waals surface area contributed by atoms with Crippen LogP contribution in [0.3, 0.4) is 0 Å². The number of nitrogens with zero attached hydrogens (tertiary/aromatic N) is 2. The Morgan fingerprint density at radius 3 is 2.38 bits per heavy atom. The highest BCUT2D eigenvalue weighted by Gasteiger charge is 2.52. The zero-order chi connectivity index (χ0) is 24.1. The van der Waals surface area contributed by atoms with E-state index in [0.29, 0.717) is 16.4 Å². The molecule has 0 radical (unpaired) electrons. The van der Waals surface area contributed by atoms with Crippen molar-refractivity contribution < 1.29 is 14.3 Å². The van der Waals surface area contributed by atoms with Gasteiger partial charge in [-0.2, -0.15) is 5.10 Å². The number of ether oxygens (including phenoxy) is 1. The lowest BCUT2D eigenvalue weighted by molar-refractivity contribution is -0.147. The van der Waals surface area contributed by atoms with Crippen LogP contribution in [0.1, 0.15) is 18.1 Å². The van der Waals surface area contributed by atoms with Crippen molar-refractivity contribution in [2.45, 2.75) is 12.3 Å². The third-order valence-electron chi connectivity index (χ3n) is 5.53. The predicted molar refractivity (Wildman–Crippen MR) is 137 cm³/mol. The predicted octanol–water partition coefficient (Wildman–Crippen LogP) is 5.26. The van der Waals surface area contributed by atoms with E-state index in [2.05, 4.69) is 21.2 Å². The Kier molecular flexibility index (Phi) is 7.34. The van der Waals surface area contributed by atoms with Crippen molar-refractivity contribution in [3.63, 3.8) is 0 Å². The van der Waals surface area contributed by atoms with Crippen molar-refractivity contribution in [3.05, 3.63) is 99.5 Å². The lowest BCUT2D eigenvalue weighted by Crippen LogP contribution is -2.48. The van der Waals surface area contributed by atoms with Gasteiger partial charge in [0.1, 0.15) is 6.54 Å². The second-order valence-corrected chi connectivity index (χ2v) is 9.18. The number of carbonyl (C=O) groups is 2. The number of hydrazone groups is 1. The Balaban J connectivity index is 1.70. The minimum Gasteiger partial charge on any atom is -0.465 e. The van der Waals surface area contributed by atoms with Crippen LogP contribution in [0.2, 0.25) is 5.02 Å². The van der Waals surface area contributed by atoms with Gasteiger partial charge in [-0.25, -0.2) is 0 Å². The Morgan fingerprint density at radius 2 is 1.74 bits per heavy atom. The van der Waals surface area contributed by atoms with Crippen LogP contribution in [0.15, 0.2) is 88.4 Å². The van der Waals surface area contributed by atoms with Crippen molar-refractivity contribution in [1.82, 2.24) is 5.01 Å². The number of nitrogens with one attached hydrogen (secondary N) is 1. The van der Waals surface area contributed by atoms with E-state index in [0.717, 1.165) is 15.6 Å². The lowest BCUT2D eigenvalue weighted by Gasteiger charge is -2.29. The maximum Gasteiger partial charge on any atom is 0.324 e. The van der Waals surface area contributed by atoms with Crippen molar-refractivity contribution >= 4 is 50.8 Å². The molecule has 1 atom stereocenters. The van der Waals surface area contributed by atoms with E-state index in [9.17, 15) is 9.59 Å². The van der Waals surface area contributed by atoms with E-state index in [1.54, 1.807) is 36.2 Å². The highest BCUT2D eigenvalue weighted by molar-refractivity contribution is 9.10. The molecule has 4 rings (SSSR count). The molecule has 6 nitrogen and oxygen atoms in total. The quantitative estimate of drug-likeness (QED) is 0.415. The van der Waals surface area contributed by atoms with Crippen molar-refractivity contribution in [2.24, 2.45) is 5.10 Å². The van der Waals surface area contributed by atoms with Crippen LogP contribution >= 0.6 is 27.5 Å². The molecule has 1 unspecified atom stereocenters. The number of rotatable bonds is 7. The molecule has 0 fully saturated rings. The number of hydrogen-bond donors (Lipinski definition) is 1. The van der Waals surface area contributed by atoms with E-state index in [1.807, 2.05) is 54.6 Å². The average molecular weight is 541 g/mol. The SMILES string of the molecule is CCOC(=O)C1(c2ccccc2)CN(CC(=O)Nc2ccc(Br)cc2)N=C1c1ccc(Cl)cc1. The Bertz CT molecular complexity index is 1200. The van der Waals surface area contributed by atoms with Crippen molar-refractivity contribution in [3.8, 4) is 0 Å². The number of anilines is 1. The number of halogens is 2. The Labute approximate surface area is 211 Å². The Hall–Kier alpha value is -3.16. The summed E-state index contributed by atoms with van der Waals surface area (Å²) < 4.78 is 6.46. The van der Waals surface area contributed by atoms with Gasteiger partial charge in [0.2, 0.25) is 5.91 Å². The van der Waals surface area contributed by atoms with E-state index in [4.69, 9.17) is 21.4 Å². The van der Waals surface area contributed by atoms with E-state index < -0.39 is 11.4 Å². The van der Waals surface area contributed by atoms with Gasteiger partial charge < -0.3 is 10.1 Å². The molecule has 3 aromatic carbocycles. The van der Waals surface area contributed by atoms with Gasteiger partial charge in [-0.05, 0) is 54.4 Å². The summed E-state index contributed by atoms with van der Waals surface area (Å²) in [4.78, 5) is 26.3. The third kappa shape index (κ3) is 5.00. The highest BCUT2D eigenvalue weighted by atomic mass is 79.9. The normalized spacial score (nSPS) is 17.3. The van der Waals surface area contributed by atoms with Crippen molar-refractivity contribution in [1.29, 1.82) is 0 Å². The maximum absolute atomic E-state index is 13.5. The molecular weight excluding hydrogens is 518 g/mol. The summed E-state index contributed by atoms with van der Waals surface area (Å²) >= 11 is 9.49. The van der Waals surface area contributed by atoms with E-state index >= 15 is 0 Å². The van der Waals surface area contributed by atoms with Crippen LogP contribution < -0.4 is 5.32 Å². The van der Waals surface area contributed by atoms with Gasteiger partial charge in [0.25, 0.3) is 0 Å². The van der Waals surface area contributed by atoms with Gasteiger partial charge in [0.15, 0.2) is 5.41 Å². The highest BCUT2D eigenvalue weighted by Crippen LogP contribution is 2.37. The first-order chi connectivity index (χ1) is 16.4. The van der Waals surface area contributed by atoms with Crippen LogP contribution in [0.4, 0.5) is 5.69 Å². The summed E-state index contributed by atoms with van der Waals surface area (Å²) in [5.74, 6) is -0.653. The number of benzene rings is 3. The molecule has 8 heteroatoms. The third-order valence-corrected chi connectivity index (χ3v) is 6.31. The van der Waals surface area contributed by atoms with Gasteiger partial charge in [0.05, 0.1) is 18.9 Å². The molecule has 1 N–H and O–H groups in total. The van der Waals surface area contributed by atoms with Crippen LogP contribution in [0.25, 0.3) is 0 Å². The summed E-state index contributed by atoms with van der Waals surface area (Å²) in [5.41, 5.74) is 1.48. The van der Waals surface area contributed by atoms with Gasteiger partial charge in [-0.15, -0.1) is 0 Å². The molecule has 174 valence electrons. The smallest absolute Gasteiger partial charge is 0.324 e. The summed E-state index contributed by atoms with van der Waals surface area (Å²) in [6, 6.07) is 23.9. The average Bonchev–Trinajstić information content (AvgIpc) is 3.22. The standard InChI is InChI=1S/C26H23BrClN3O3/c1-2-34-25(33)26(19-6-4-3-5-7-19)17-31(30-24(26)18-8-12-21(28)13-9-18)16-23(32)29-22-14-10-20(27)11-15-22/h3-15H,2,16-17H2,1H3,(H,29,32). The molecule has 0 aliphatic carbocycles. The first-order valence-electron chi connectivity index (χ1n) is 10.8. The van der Waals surface area contributed by atoms with Crippen LogP contribution in [0, 0.1) is 0 Å². The molecule has 1 heterocycles. The topological polar surface area (TPSA) is 71.0 Å². The summed E-state index contributed by atoms with van der Waals surface area (Å²) in [6.07, 6.45) is 0. The second-order valence-electron chi connectivity index (χ2n) is 7.83. The summed E-state index contributed by atoms with van der Waals surface area (Å²) in [7, 11) is 0. The molecule has 1 aliphatic rings. The van der Waals surface area contributed by atoms with Crippen LogP contribution in [-0.4, -0.2) is 42.3 Å². The molecular formula is C26H23BrClN3O3. The largest absolute Gasteiger partial charge is 0.465 e. The van der Waals surface area contributed by atoms with E-state index in [1.165, 1.54) is 0 Å². The zero-order valence-electron chi connectivity index (χ0n) is 18.5. The number of carbonyl (C=O) groups excluding carboxylic acids is 2. The molecule has 0 spiro atoms. The molecule has 0 saturated carbocycles. The fraction of sp³-hybridized carbons (Fsp3) is 0.192. The lowest BCUT2D eigenvalue weighted by atomic mass is 9.74. The number of amides is 1. The summed E-state index contributed by atoms with van der Waals surface area (Å²) in [6.45, 7) is 2.14. The molecule has 34 heavy (non-hydrogen) atoms. The van der Waals surface area contributed by atoms with E-state index in [-0.39, 0.29) is 25.6 Å². The summed E-state index contributed by atoms with van der Waals surface area (Å²) in [5, 5.41) is 9.82. The first-order valence-corrected chi connectivity index (χ1v) is 12.0. The molecule has 1 aliphatic heterocycles. The van der Waals surface area contributed by atoms with Crippen molar-refractivity contribution in [2.75, 3.05) is 25.0 Å². The van der Waals surface area contributed by atoms with Crippen LogP contribution in [0.5, 0.6) is 0 Å². The maximum atomic E-state index is 13.5. The van der Waals surface area contributed by atoms with Gasteiger partial charge in [-0.1, -0.05) is 70.0 Å². The van der Waals surface area contributed by atoms with Gasteiger partial charge in [-0.3, -0.25) is 14.6 Å². The monoisotopic (exact) mass is 539 g/mol. The fourth-order valence-electron chi connectivity index (χ4n) is 4.00. The van der Waals surface area contributed by atoms with Gasteiger partial charge in [0, 0.05) is 15.2 Å². The molecule has 3 aromatic rings. The number of esters is 1. The zero-order valence-corrected chi connectivity index (χ0v) is 20.8. The molecule has 0 aromatic heterocycles. The molecule has 0 saturated heterocycles. The first kappa shape index (κ1) is 24.0. The minimum absolute atomic E-state index is 0.0266. The van der Waals surface area contributed by atoms with Gasteiger partial charge >= 0.3 is 5.97 Å². The second kappa shape index (κ2) is 10.4. The molecule has 0 bridgehead atoms. The minimum atomic E-state index is -1.19.